The smallest absolute Gasteiger partial charge is 0.306 e. The molecule has 6 atom stereocenters. The zero-order chi connectivity index (χ0) is 49.9. The highest BCUT2D eigenvalue weighted by Crippen LogP contribution is 2.23. The Hall–Kier alpha value is -2.63. The second-order valence-corrected chi connectivity index (χ2v) is 19.0. The van der Waals surface area contributed by atoms with Gasteiger partial charge in [-0.2, -0.15) is 0 Å². The van der Waals surface area contributed by atoms with E-state index in [1.54, 1.807) is 0 Å². The first-order valence-electron chi connectivity index (χ1n) is 28.2. The molecule has 0 saturated carbocycles. The van der Waals surface area contributed by atoms with E-state index in [9.17, 15) is 25.2 Å². The minimum Gasteiger partial charge on any atom is -0.457 e. The molecule has 1 saturated heterocycles. The van der Waals surface area contributed by atoms with Gasteiger partial charge in [-0.15, -0.1) is 0 Å². The number of esters is 1. The minimum atomic E-state index is -1.55. The van der Waals surface area contributed by atoms with Gasteiger partial charge in [-0.25, -0.2) is 0 Å². The maximum Gasteiger partial charge on any atom is 0.306 e. The topological polar surface area (TPSA) is 135 Å². The van der Waals surface area contributed by atoms with Gasteiger partial charge in [0.2, 0.25) is 0 Å². The molecule has 1 aliphatic heterocycles. The third-order valence-electron chi connectivity index (χ3n) is 12.6. The second-order valence-electron chi connectivity index (χ2n) is 19.0. The van der Waals surface area contributed by atoms with E-state index in [1.165, 1.54) is 109 Å². The standard InChI is InChI=1S/C60H104O9/c1-3-5-7-9-11-13-15-17-19-21-23-25-26-27-28-29-30-32-34-36-38-40-42-44-46-48-50-66-52-54(53-67-60-59(65)58(64)57(63)55(51-61)69-60)68-56(62)49-47-45-43-41-39-37-35-33-31-24-22-20-18-16-14-12-10-8-6-4-2/h5,7,11,13,17,19,23,25,27-28,30,32,36,38,54-55,57-61,63-65H,3-4,6,8-10,12,14-16,18,20-22,24,26,29,31,33-35,37,39-53H2,1-2H3/b7-5-,13-11-,19-17-,25-23-,28-27-,32-30-,38-36-. The van der Waals surface area contributed by atoms with Crippen LogP contribution >= 0.6 is 0 Å². The zero-order valence-corrected chi connectivity index (χ0v) is 44.0. The minimum absolute atomic E-state index is 0.125. The van der Waals surface area contributed by atoms with E-state index in [1.807, 2.05) is 0 Å². The van der Waals surface area contributed by atoms with E-state index in [4.69, 9.17) is 18.9 Å². The molecule has 69 heavy (non-hydrogen) atoms. The van der Waals surface area contributed by atoms with Crippen molar-refractivity contribution in [2.45, 2.75) is 263 Å². The number of ether oxygens (including phenoxy) is 4. The van der Waals surface area contributed by atoms with Crippen LogP contribution < -0.4 is 0 Å². The first kappa shape index (κ1) is 64.4. The first-order valence-corrected chi connectivity index (χ1v) is 28.2. The van der Waals surface area contributed by atoms with Gasteiger partial charge in [0.05, 0.1) is 19.8 Å². The Morgan fingerprint density at radius 2 is 0.884 bits per heavy atom. The van der Waals surface area contributed by atoms with Crippen LogP contribution in [-0.4, -0.2) is 89.6 Å². The molecule has 1 aliphatic rings. The Bertz CT molecular complexity index is 1330. The van der Waals surface area contributed by atoms with Crippen LogP contribution in [-0.2, 0) is 23.7 Å². The SMILES string of the molecule is CC/C=C\C/C=C\C/C=C\C/C=C\C/C=C\C/C=C\C/C=C\CCCCCCOCC(COC1OC(CO)C(O)C(O)C1O)OC(=O)CCCCCCCCCCCCCCCCCCCCCC. The molecule has 9 nitrogen and oxygen atoms in total. The number of carbonyl (C=O) groups excluding carboxylic acids is 1. The van der Waals surface area contributed by atoms with Crippen LogP contribution in [0.5, 0.6) is 0 Å². The van der Waals surface area contributed by atoms with Crippen molar-refractivity contribution in [2.24, 2.45) is 0 Å². The van der Waals surface area contributed by atoms with Crippen LogP contribution in [0.4, 0.5) is 0 Å². The first-order chi connectivity index (χ1) is 33.9. The molecule has 0 aromatic heterocycles. The molecule has 0 spiro atoms. The fraction of sp³-hybridized carbons (Fsp3) is 0.750. The molecule has 0 bridgehead atoms. The normalized spacial score (nSPS) is 19.7. The second kappa shape index (κ2) is 50.3. The van der Waals surface area contributed by atoms with Gasteiger partial charge in [-0.1, -0.05) is 234 Å². The molecule has 0 aromatic carbocycles. The van der Waals surface area contributed by atoms with Gasteiger partial charge in [0.25, 0.3) is 0 Å². The molecule has 1 fully saturated rings. The van der Waals surface area contributed by atoms with Gasteiger partial charge in [0.1, 0.15) is 30.5 Å². The number of rotatable bonds is 48. The summed E-state index contributed by atoms with van der Waals surface area (Å²) >= 11 is 0. The Labute approximate surface area is 422 Å². The number of allylic oxidation sites excluding steroid dienone is 14. The van der Waals surface area contributed by atoms with E-state index in [0.29, 0.717) is 13.0 Å². The van der Waals surface area contributed by atoms with Gasteiger partial charge < -0.3 is 39.4 Å². The lowest BCUT2D eigenvalue weighted by Crippen LogP contribution is -2.59. The third-order valence-corrected chi connectivity index (χ3v) is 12.6. The van der Waals surface area contributed by atoms with E-state index in [2.05, 4.69) is 98.9 Å². The molecular formula is C60H104O9. The van der Waals surface area contributed by atoms with E-state index in [0.717, 1.165) is 96.3 Å². The largest absolute Gasteiger partial charge is 0.457 e. The average Bonchev–Trinajstić information content (AvgIpc) is 3.35. The Morgan fingerprint density at radius 1 is 0.478 bits per heavy atom. The molecule has 0 aromatic rings. The van der Waals surface area contributed by atoms with Crippen molar-refractivity contribution >= 4 is 5.97 Å². The Kier molecular flexibility index (Phi) is 47.0. The predicted octanol–water partition coefficient (Wildman–Crippen LogP) is 14.5. The molecule has 1 heterocycles. The van der Waals surface area contributed by atoms with E-state index >= 15 is 0 Å². The Morgan fingerprint density at radius 3 is 1.33 bits per heavy atom. The van der Waals surface area contributed by atoms with Crippen LogP contribution in [0.1, 0.15) is 226 Å². The summed E-state index contributed by atoms with van der Waals surface area (Å²) in [5, 5.41) is 40.3. The van der Waals surface area contributed by atoms with E-state index < -0.39 is 43.4 Å². The lowest BCUT2D eigenvalue weighted by atomic mass is 9.99. The molecule has 6 unspecified atom stereocenters. The van der Waals surface area contributed by atoms with Gasteiger partial charge >= 0.3 is 5.97 Å². The van der Waals surface area contributed by atoms with Crippen LogP contribution in [0.3, 0.4) is 0 Å². The lowest BCUT2D eigenvalue weighted by Gasteiger charge is -2.39. The molecular weight excluding hydrogens is 865 g/mol. The number of unbranched alkanes of at least 4 members (excludes halogenated alkanes) is 23. The summed E-state index contributed by atoms with van der Waals surface area (Å²) in [5.74, 6) is -0.322. The summed E-state index contributed by atoms with van der Waals surface area (Å²) in [6.07, 6.45) is 62.0. The summed E-state index contributed by atoms with van der Waals surface area (Å²) < 4.78 is 22.9. The van der Waals surface area contributed by atoms with Crippen molar-refractivity contribution < 1.29 is 44.2 Å². The summed E-state index contributed by atoms with van der Waals surface area (Å²) in [4.78, 5) is 12.9. The molecule has 398 valence electrons. The van der Waals surface area contributed by atoms with Crippen LogP contribution in [0.2, 0.25) is 0 Å². The predicted molar refractivity (Wildman–Crippen MR) is 288 cm³/mol. The fourth-order valence-corrected chi connectivity index (χ4v) is 8.24. The molecule has 0 aliphatic carbocycles. The van der Waals surface area contributed by atoms with Crippen LogP contribution in [0, 0.1) is 0 Å². The average molecular weight is 969 g/mol. The molecule has 0 radical (unpaired) electrons. The monoisotopic (exact) mass is 969 g/mol. The van der Waals surface area contributed by atoms with Crippen molar-refractivity contribution in [2.75, 3.05) is 26.4 Å². The molecule has 4 N–H and O–H groups in total. The maximum absolute atomic E-state index is 12.9. The van der Waals surface area contributed by atoms with Gasteiger partial charge in [-0.05, 0) is 70.6 Å². The lowest BCUT2D eigenvalue weighted by molar-refractivity contribution is -0.305. The van der Waals surface area contributed by atoms with Crippen molar-refractivity contribution in [1.29, 1.82) is 0 Å². The molecule has 0 amide bonds. The summed E-state index contributed by atoms with van der Waals surface area (Å²) in [6.45, 7) is 4.40. The van der Waals surface area contributed by atoms with Crippen molar-refractivity contribution in [1.82, 2.24) is 0 Å². The van der Waals surface area contributed by atoms with Crippen LogP contribution in [0.15, 0.2) is 85.1 Å². The van der Waals surface area contributed by atoms with Gasteiger partial charge in [0.15, 0.2) is 6.29 Å². The van der Waals surface area contributed by atoms with Crippen molar-refractivity contribution in [3.8, 4) is 0 Å². The Balaban J connectivity index is 2.20. The maximum atomic E-state index is 12.9. The third kappa shape index (κ3) is 40.6. The highest BCUT2D eigenvalue weighted by atomic mass is 16.7. The number of hydrogen-bond acceptors (Lipinski definition) is 9. The van der Waals surface area contributed by atoms with Gasteiger partial charge in [-0.3, -0.25) is 4.79 Å². The highest BCUT2D eigenvalue weighted by Gasteiger charge is 2.44. The van der Waals surface area contributed by atoms with Crippen LogP contribution in [0.25, 0.3) is 0 Å². The number of aliphatic hydroxyl groups is 4. The summed E-state index contributed by atoms with van der Waals surface area (Å²) in [6, 6.07) is 0. The summed E-state index contributed by atoms with van der Waals surface area (Å²) in [7, 11) is 0. The zero-order valence-electron chi connectivity index (χ0n) is 44.0. The number of aliphatic hydroxyl groups excluding tert-OH is 4. The number of hydrogen-bond donors (Lipinski definition) is 4. The molecule has 9 heteroatoms. The van der Waals surface area contributed by atoms with Crippen molar-refractivity contribution in [3.05, 3.63) is 85.1 Å². The molecule has 1 rings (SSSR count). The fourth-order valence-electron chi connectivity index (χ4n) is 8.24. The van der Waals surface area contributed by atoms with Gasteiger partial charge in [0, 0.05) is 13.0 Å². The quantitative estimate of drug-likeness (QED) is 0.0267. The summed E-state index contributed by atoms with van der Waals surface area (Å²) in [5.41, 5.74) is 0. The van der Waals surface area contributed by atoms with E-state index in [-0.39, 0.29) is 19.2 Å². The van der Waals surface area contributed by atoms with Crippen molar-refractivity contribution in [3.63, 3.8) is 0 Å². The highest BCUT2D eigenvalue weighted by molar-refractivity contribution is 5.69. The number of carbonyl (C=O) groups is 1.